The lowest BCUT2D eigenvalue weighted by Gasteiger charge is -2.23. The molecule has 1 aromatic heterocycles. The Balaban J connectivity index is 1.66. The first kappa shape index (κ1) is 16.6. The number of nitrogens with zero attached hydrogens (tertiary/aromatic N) is 1. The van der Waals surface area contributed by atoms with Gasteiger partial charge in [0.1, 0.15) is 5.82 Å². The Morgan fingerprint density at radius 2 is 1.82 bits per heavy atom. The van der Waals surface area contributed by atoms with Gasteiger partial charge in [0.2, 0.25) is 0 Å². The Kier molecular flexibility index (Phi) is 3.69. The quantitative estimate of drug-likeness (QED) is 0.514. The summed E-state index contributed by atoms with van der Waals surface area (Å²) < 4.78 is 13.9. The monoisotopic (exact) mass is 371 g/mol. The molecule has 0 bridgehead atoms. The number of carbonyl (C=O) groups excluding carboxylic acids is 1. The van der Waals surface area contributed by atoms with E-state index in [0.29, 0.717) is 6.54 Å². The molecule has 1 aliphatic rings. The predicted octanol–water partition coefficient (Wildman–Crippen LogP) is 4.96. The Morgan fingerprint density at radius 1 is 1.00 bits per heavy atom. The molecule has 4 aromatic rings. The summed E-state index contributed by atoms with van der Waals surface area (Å²) in [4.78, 5) is 17.0. The zero-order chi connectivity index (χ0) is 19.3. The summed E-state index contributed by atoms with van der Waals surface area (Å²) in [5.41, 5.74) is 11.7. The van der Waals surface area contributed by atoms with Crippen LogP contribution in [0.2, 0.25) is 0 Å². The third kappa shape index (κ3) is 2.55. The number of H-pyrrole nitrogens is 1. The van der Waals surface area contributed by atoms with Crippen LogP contribution >= 0.6 is 0 Å². The summed E-state index contributed by atoms with van der Waals surface area (Å²) in [6, 6.07) is 20.1. The molecule has 1 aliphatic heterocycles. The first-order valence-corrected chi connectivity index (χ1v) is 9.12. The van der Waals surface area contributed by atoms with Crippen molar-refractivity contribution < 1.29 is 9.18 Å². The molecule has 0 aliphatic carbocycles. The molecule has 1 unspecified atom stereocenters. The van der Waals surface area contributed by atoms with E-state index in [1.807, 2.05) is 30.5 Å². The lowest BCUT2D eigenvalue weighted by molar-refractivity contribution is 0.199. The molecule has 5 heteroatoms. The van der Waals surface area contributed by atoms with E-state index in [9.17, 15) is 9.18 Å². The second-order valence-electron chi connectivity index (χ2n) is 7.08. The lowest BCUT2D eigenvalue weighted by Crippen LogP contribution is -2.34. The van der Waals surface area contributed by atoms with E-state index in [2.05, 4.69) is 29.2 Å². The molecule has 1 atom stereocenters. The second-order valence-corrected chi connectivity index (χ2v) is 7.08. The van der Waals surface area contributed by atoms with Crippen LogP contribution in [0.4, 0.5) is 9.18 Å². The van der Waals surface area contributed by atoms with Crippen LogP contribution in [0.5, 0.6) is 0 Å². The van der Waals surface area contributed by atoms with E-state index in [0.717, 1.165) is 38.7 Å². The number of primary amides is 1. The first-order chi connectivity index (χ1) is 13.6. The number of carbonyl (C=O) groups is 1. The molecule has 3 aromatic carbocycles. The predicted molar refractivity (Wildman–Crippen MR) is 107 cm³/mol. The molecule has 0 radical (unpaired) electrons. The van der Waals surface area contributed by atoms with E-state index in [4.69, 9.17) is 5.73 Å². The van der Waals surface area contributed by atoms with E-state index >= 15 is 0 Å². The van der Waals surface area contributed by atoms with Gasteiger partial charge in [-0.15, -0.1) is 0 Å². The number of hydrogen-bond donors (Lipinski definition) is 2. The SMILES string of the molecule is NC(=O)N1Cc2cc(-c3ccccc3)ccc2C1c1c[nH]c2ccc(F)cc12. The third-order valence-electron chi connectivity index (χ3n) is 5.45. The minimum absolute atomic E-state index is 0.309. The molecular formula is C23H18FN3O. The summed E-state index contributed by atoms with van der Waals surface area (Å²) in [7, 11) is 0. The number of hydrogen-bond acceptors (Lipinski definition) is 1. The smallest absolute Gasteiger partial charge is 0.315 e. The topological polar surface area (TPSA) is 62.1 Å². The average molecular weight is 371 g/mol. The molecule has 138 valence electrons. The number of nitrogens with one attached hydrogen (secondary N) is 1. The number of amides is 2. The molecule has 5 rings (SSSR count). The fourth-order valence-electron chi connectivity index (χ4n) is 4.14. The van der Waals surface area contributed by atoms with Gasteiger partial charge in [-0.25, -0.2) is 9.18 Å². The van der Waals surface area contributed by atoms with Gasteiger partial charge < -0.3 is 15.6 Å². The zero-order valence-corrected chi connectivity index (χ0v) is 15.0. The summed E-state index contributed by atoms with van der Waals surface area (Å²) >= 11 is 0. The minimum Gasteiger partial charge on any atom is -0.361 e. The van der Waals surface area contributed by atoms with Gasteiger partial charge in [0.25, 0.3) is 0 Å². The maximum absolute atomic E-state index is 13.9. The fourth-order valence-corrected chi connectivity index (χ4v) is 4.14. The van der Waals surface area contributed by atoms with E-state index in [1.165, 1.54) is 12.1 Å². The highest BCUT2D eigenvalue weighted by Gasteiger charge is 2.35. The van der Waals surface area contributed by atoms with Crippen LogP contribution in [-0.2, 0) is 6.54 Å². The third-order valence-corrected chi connectivity index (χ3v) is 5.45. The van der Waals surface area contributed by atoms with Crippen LogP contribution in [0.1, 0.15) is 22.7 Å². The number of rotatable bonds is 2. The highest BCUT2D eigenvalue weighted by molar-refractivity contribution is 5.86. The van der Waals surface area contributed by atoms with Gasteiger partial charge in [-0.1, -0.05) is 42.5 Å². The summed E-state index contributed by atoms with van der Waals surface area (Å²) in [6.45, 7) is 0.429. The average Bonchev–Trinajstić information content (AvgIpc) is 3.28. The van der Waals surface area contributed by atoms with Crippen LogP contribution in [-0.4, -0.2) is 15.9 Å². The van der Waals surface area contributed by atoms with Crippen molar-refractivity contribution in [1.29, 1.82) is 0 Å². The number of nitrogens with two attached hydrogens (primary N) is 1. The maximum atomic E-state index is 13.9. The van der Waals surface area contributed by atoms with E-state index in [-0.39, 0.29) is 11.9 Å². The van der Waals surface area contributed by atoms with Gasteiger partial charge in [0, 0.05) is 29.2 Å². The second kappa shape index (κ2) is 6.23. The van der Waals surface area contributed by atoms with Crippen LogP contribution in [0.3, 0.4) is 0 Å². The molecule has 0 fully saturated rings. The highest BCUT2D eigenvalue weighted by atomic mass is 19.1. The van der Waals surface area contributed by atoms with E-state index < -0.39 is 6.03 Å². The number of benzene rings is 3. The molecule has 0 saturated heterocycles. The van der Waals surface area contributed by atoms with Gasteiger partial charge in [0.05, 0.1) is 6.04 Å². The maximum Gasteiger partial charge on any atom is 0.315 e. The molecule has 28 heavy (non-hydrogen) atoms. The Morgan fingerprint density at radius 3 is 2.61 bits per heavy atom. The fraction of sp³-hybridized carbons (Fsp3) is 0.0870. The van der Waals surface area contributed by atoms with Crippen molar-refractivity contribution in [3.63, 3.8) is 0 Å². The molecule has 2 amide bonds. The first-order valence-electron chi connectivity index (χ1n) is 9.12. The zero-order valence-electron chi connectivity index (χ0n) is 15.0. The van der Waals surface area contributed by atoms with Crippen LogP contribution in [0, 0.1) is 5.82 Å². The van der Waals surface area contributed by atoms with Crippen molar-refractivity contribution in [1.82, 2.24) is 9.88 Å². The Bertz CT molecular complexity index is 1200. The van der Waals surface area contributed by atoms with Crippen molar-refractivity contribution in [2.24, 2.45) is 5.73 Å². The van der Waals surface area contributed by atoms with Gasteiger partial charge >= 0.3 is 6.03 Å². The number of urea groups is 1. The normalized spacial score (nSPS) is 15.8. The molecule has 0 spiro atoms. The molecule has 2 heterocycles. The molecular weight excluding hydrogens is 353 g/mol. The minimum atomic E-state index is -0.492. The van der Waals surface area contributed by atoms with Crippen LogP contribution in [0.25, 0.3) is 22.0 Å². The van der Waals surface area contributed by atoms with Gasteiger partial charge in [0.15, 0.2) is 0 Å². The van der Waals surface area contributed by atoms with Gasteiger partial charge in [-0.05, 0) is 46.5 Å². The molecule has 0 saturated carbocycles. The van der Waals surface area contributed by atoms with Crippen molar-refractivity contribution in [3.05, 3.63) is 95.4 Å². The number of aromatic nitrogens is 1. The van der Waals surface area contributed by atoms with E-state index in [1.54, 1.807) is 11.0 Å². The standard InChI is InChI=1S/C23H18FN3O/c24-17-7-9-21-19(11-17)20(12-26-21)22-18-8-6-15(14-4-2-1-3-5-14)10-16(18)13-27(22)23(25)28/h1-12,22,26H,13H2,(H2,25,28). The largest absolute Gasteiger partial charge is 0.361 e. The molecule has 4 nitrogen and oxygen atoms in total. The van der Waals surface area contributed by atoms with Gasteiger partial charge in [-0.2, -0.15) is 0 Å². The van der Waals surface area contributed by atoms with Crippen LogP contribution in [0.15, 0.2) is 72.9 Å². The summed E-state index contributed by atoms with van der Waals surface area (Å²) in [5.74, 6) is -0.309. The van der Waals surface area contributed by atoms with Crippen molar-refractivity contribution >= 4 is 16.9 Å². The Hall–Kier alpha value is -3.60. The Labute approximate surface area is 161 Å². The lowest BCUT2D eigenvalue weighted by atomic mass is 9.94. The van der Waals surface area contributed by atoms with Gasteiger partial charge in [-0.3, -0.25) is 0 Å². The number of fused-ring (bicyclic) bond motifs is 2. The number of aromatic amines is 1. The highest BCUT2D eigenvalue weighted by Crippen LogP contribution is 2.42. The van der Waals surface area contributed by atoms with Crippen LogP contribution < -0.4 is 5.73 Å². The number of halogens is 1. The van der Waals surface area contributed by atoms with Crippen molar-refractivity contribution in [3.8, 4) is 11.1 Å². The van der Waals surface area contributed by atoms with Crippen molar-refractivity contribution in [2.75, 3.05) is 0 Å². The summed E-state index contributed by atoms with van der Waals surface area (Å²) in [5, 5.41) is 0.760. The molecule has 3 N–H and O–H groups in total. The summed E-state index contributed by atoms with van der Waals surface area (Å²) in [6.07, 6.45) is 1.84. The van der Waals surface area contributed by atoms with Crippen molar-refractivity contribution in [2.45, 2.75) is 12.6 Å².